The number of hydrogen-bond donors (Lipinski definition) is 2. The lowest BCUT2D eigenvalue weighted by Gasteiger charge is -2.25. The van der Waals surface area contributed by atoms with Crippen LogP contribution in [-0.4, -0.2) is 55.8 Å². The largest absolute Gasteiger partial charge is 0.480 e. The third kappa shape index (κ3) is 6.70. The van der Waals surface area contributed by atoms with Crippen LogP contribution in [0.15, 0.2) is 30.3 Å². The van der Waals surface area contributed by atoms with Crippen LogP contribution in [0, 0.1) is 11.8 Å². The van der Waals surface area contributed by atoms with E-state index in [-0.39, 0.29) is 13.2 Å². The highest BCUT2D eigenvalue weighted by Gasteiger charge is 2.41. The fourth-order valence-corrected chi connectivity index (χ4v) is 2.44. The first-order chi connectivity index (χ1) is 12.8. The molecule has 0 saturated heterocycles. The number of carbonyl (C=O) groups is 4. The van der Waals surface area contributed by atoms with Crippen LogP contribution in [0.2, 0.25) is 0 Å². The molecular weight excluding hydrogens is 358 g/mol. The topological polar surface area (TPSA) is 128 Å². The van der Waals surface area contributed by atoms with Crippen molar-refractivity contribution in [1.82, 2.24) is 5.32 Å². The van der Waals surface area contributed by atoms with E-state index < -0.39 is 41.7 Å². The third-order valence-electron chi connectivity index (χ3n) is 3.89. The summed E-state index contributed by atoms with van der Waals surface area (Å²) < 4.78 is 14.3. The van der Waals surface area contributed by atoms with Crippen LogP contribution < -0.4 is 5.32 Å². The fraction of sp³-hybridized carbons (Fsp3) is 0.444. The summed E-state index contributed by atoms with van der Waals surface area (Å²) in [4.78, 5) is 47.2. The Balaban J connectivity index is 2.72. The number of nitrogens with one attached hydrogen (secondary N) is 1. The number of benzene rings is 1. The molecule has 1 aromatic rings. The number of ether oxygens (including phenoxy) is 3. The minimum Gasteiger partial charge on any atom is -0.480 e. The molecule has 1 aromatic carbocycles. The van der Waals surface area contributed by atoms with Gasteiger partial charge in [0.1, 0.15) is 12.6 Å². The summed E-state index contributed by atoms with van der Waals surface area (Å²) in [5.41, 5.74) is 0.852. The Morgan fingerprint density at radius 1 is 1.04 bits per heavy atom. The van der Waals surface area contributed by atoms with Gasteiger partial charge in [-0.2, -0.15) is 0 Å². The number of carboxylic acid groups (broad SMARTS) is 1. The molecule has 2 N–H and O–H groups in total. The Bertz CT molecular complexity index is 645. The number of hydrogen-bond acceptors (Lipinski definition) is 7. The van der Waals surface area contributed by atoms with Gasteiger partial charge in [0, 0.05) is 5.92 Å². The first kappa shape index (κ1) is 22.1. The first-order valence-corrected chi connectivity index (χ1v) is 8.11. The molecular formula is C18H23NO8. The van der Waals surface area contributed by atoms with Gasteiger partial charge in [-0.3, -0.25) is 14.4 Å². The summed E-state index contributed by atoms with van der Waals surface area (Å²) >= 11 is 0. The predicted octanol–water partition coefficient (Wildman–Crippen LogP) is 0.371. The van der Waals surface area contributed by atoms with E-state index in [2.05, 4.69) is 14.8 Å². The predicted molar refractivity (Wildman–Crippen MR) is 92.4 cm³/mol. The molecule has 9 heteroatoms. The molecule has 0 saturated carbocycles. The van der Waals surface area contributed by atoms with Crippen molar-refractivity contribution in [3.8, 4) is 0 Å². The third-order valence-corrected chi connectivity index (χ3v) is 3.89. The average molecular weight is 381 g/mol. The van der Waals surface area contributed by atoms with Gasteiger partial charge in [-0.05, 0) is 5.56 Å². The minimum absolute atomic E-state index is 0.175. The molecule has 148 valence electrons. The summed E-state index contributed by atoms with van der Waals surface area (Å²) in [6.45, 7) is 1.13. The first-order valence-electron chi connectivity index (χ1n) is 8.11. The fourth-order valence-electron chi connectivity index (χ4n) is 2.44. The highest BCUT2D eigenvalue weighted by atomic mass is 16.5. The molecule has 0 radical (unpaired) electrons. The minimum atomic E-state index is -1.51. The van der Waals surface area contributed by atoms with Crippen molar-refractivity contribution < 1.29 is 38.5 Å². The monoisotopic (exact) mass is 381 g/mol. The van der Waals surface area contributed by atoms with Crippen LogP contribution in [0.4, 0.5) is 0 Å². The van der Waals surface area contributed by atoms with Crippen LogP contribution in [-0.2, 0) is 40.0 Å². The molecule has 0 aliphatic carbocycles. The smallest absolute Gasteiger partial charge is 0.326 e. The SMILES string of the molecule is COC(=O)C(C(=O)OC)[C@H](C)[C@@H](NC(=O)COCc1ccccc1)C(=O)O. The second-order valence-corrected chi connectivity index (χ2v) is 5.74. The molecule has 0 spiro atoms. The molecule has 0 bridgehead atoms. The van der Waals surface area contributed by atoms with Crippen molar-refractivity contribution >= 4 is 23.8 Å². The molecule has 0 aromatic heterocycles. The van der Waals surface area contributed by atoms with Crippen molar-refractivity contribution in [1.29, 1.82) is 0 Å². The maximum atomic E-state index is 12.0. The van der Waals surface area contributed by atoms with Crippen molar-refractivity contribution in [2.75, 3.05) is 20.8 Å². The Labute approximate surface area is 156 Å². The maximum Gasteiger partial charge on any atom is 0.326 e. The molecule has 27 heavy (non-hydrogen) atoms. The lowest BCUT2D eigenvalue weighted by atomic mass is 9.87. The van der Waals surface area contributed by atoms with Gasteiger partial charge in [-0.1, -0.05) is 37.3 Å². The highest BCUT2D eigenvalue weighted by Crippen LogP contribution is 2.20. The van der Waals surface area contributed by atoms with Gasteiger partial charge in [-0.15, -0.1) is 0 Å². The van der Waals surface area contributed by atoms with Crippen molar-refractivity contribution in [3.63, 3.8) is 0 Å². The Morgan fingerprint density at radius 3 is 2.07 bits per heavy atom. The van der Waals surface area contributed by atoms with Gasteiger partial charge in [0.05, 0.1) is 20.8 Å². The lowest BCUT2D eigenvalue weighted by Crippen LogP contribution is -2.51. The van der Waals surface area contributed by atoms with E-state index in [0.717, 1.165) is 19.8 Å². The summed E-state index contributed by atoms with van der Waals surface area (Å²) in [6, 6.07) is 7.60. The van der Waals surface area contributed by atoms with Gasteiger partial charge >= 0.3 is 17.9 Å². The molecule has 2 atom stereocenters. The highest BCUT2D eigenvalue weighted by molar-refractivity contribution is 5.96. The van der Waals surface area contributed by atoms with Gasteiger partial charge in [-0.25, -0.2) is 4.79 Å². The van der Waals surface area contributed by atoms with E-state index >= 15 is 0 Å². The molecule has 1 rings (SSSR count). The molecule has 0 aliphatic rings. The number of aliphatic carboxylic acids is 1. The Morgan fingerprint density at radius 2 is 1.59 bits per heavy atom. The van der Waals surface area contributed by atoms with Crippen LogP contribution in [0.1, 0.15) is 12.5 Å². The van der Waals surface area contributed by atoms with Gasteiger partial charge in [0.25, 0.3) is 0 Å². The summed E-state index contributed by atoms with van der Waals surface area (Å²) in [5, 5.41) is 11.7. The van der Waals surface area contributed by atoms with Crippen LogP contribution in [0.3, 0.4) is 0 Å². The zero-order valence-corrected chi connectivity index (χ0v) is 15.3. The maximum absolute atomic E-state index is 12.0. The standard InChI is InChI=1S/C18H23NO8/c1-11(14(17(23)25-2)18(24)26-3)15(16(21)22)19-13(20)10-27-9-12-7-5-4-6-8-12/h4-8,11,14-15H,9-10H2,1-3H3,(H,19,20)(H,21,22)/t11-,15+/m0/s1. The van der Waals surface area contributed by atoms with Gasteiger partial charge in [0.15, 0.2) is 5.92 Å². The zero-order valence-electron chi connectivity index (χ0n) is 15.3. The van der Waals surface area contributed by atoms with E-state index in [4.69, 9.17) is 4.74 Å². The van der Waals surface area contributed by atoms with E-state index in [0.29, 0.717) is 0 Å². The van der Waals surface area contributed by atoms with Crippen LogP contribution in [0.5, 0.6) is 0 Å². The van der Waals surface area contributed by atoms with E-state index in [1.807, 2.05) is 30.3 Å². The second-order valence-electron chi connectivity index (χ2n) is 5.74. The number of carbonyl (C=O) groups excluding carboxylic acids is 3. The van der Waals surface area contributed by atoms with Crippen molar-refractivity contribution in [3.05, 3.63) is 35.9 Å². The van der Waals surface area contributed by atoms with E-state index in [9.17, 15) is 24.3 Å². The number of rotatable bonds is 10. The van der Waals surface area contributed by atoms with Crippen molar-refractivity contribution in [2.24, 2.45) is 11.8 Å². The molecule has 9 nitrogen and oxygen atoms in total. The molecule has 1 amide bonds. The summed E-state index contributed by atoms with van der Waals surface area (Å²) in [6.07, 6.45) is 0. The van der Waals surface area contributed by atoms with E-state index in [1.54, 1.807) is 0 Å². The average Bonchev–Trinajstić information content (AvgIpc) is 2.66. The number of methoxy groups -OCH3 is 2. The molecule has 0 unspecified atom stereocenters. The van der Waals surface area contributed by atoms with Crippen LogP contribution >= 0.6 is 0 Å². The quantitative estimate of drug-likeness (QED) is 0.439. The number of amides is 1. The Kier molecular flexibility index (Phi) is 8.94. The van der Waals surface area contributed by atoms with Crippen LogP contribution in [0.25, 0.3) is 0 Å². The lowest BCUT2D eigenvalue weighted by molar-refractivity contribution is -0.163. The molecule has 0 aliphatic heterocycles. The molecule has 0 heterocycles. The number of esters is 2. The summed E-state index contributed by atoms with van der Waals surface area (Å²) in [5.74, 6) is -6.60. The number of carboxylic acids is 1. The zero-order chi connectivity index (χ0) is 20.4. The van der Waals surface area contributed by atoms with Gasteiger partial charge in [0.2, 0.25) is 5.91 Å². The normalized spacial score (nSPS) is 12.7. The molecule has 0 fully saturated rings. The Hall–Kier alpha value is -2.94. The van der Waals surface area contributed by atoms with E-state index in [1.165, 1.54) is 6.92 Å². The van der Waals surface area contributed by atoms with Crippen molar-refractivity contribution in [2.45, 2.75) is 19.6 Å². The summed E-state index contributed by atoms with van der Waals surface area (Å²) in [7, 11) is 2.13. The van der Waals surface area contributed by atoms with Gasteiger partial charge < -0.3 is 24.6 Å². The second kappa shape index (κ2) is 10.9.